The van der Waals surface area contributed by atoms with Crippen molar-refractivity contribution < 1.29 is 23.8 Å². The summed E-state index contributed by atoms with van der Waals surface area (Å²) in [5.74, 6) is -0.534. The van der Waals surface area contributed by atoms with E-state index in [9.17, 15) is 9.59 Å². The Morgan fingerprint density at radius 2 is 0.767 bits per heavy atom. The number of allylic oxidation sites excluding steroid dienone is 20. The molecule has 0 bridgehead atoms. The van der Waals surface area contributed by atoms with E-state index in [1.54, 1.807) is 0 Å². The van der Waals surface area contributed by atoms with E-state index in [4.69, 9.17) is 14.2 Å². The number of unbranched alkanes of at least 4 members (excludes halogenated alkanes) is 11. The lowest BCUT2D eigenvalue weighted by atomic mass is 10.1. The molecule has 0 amide bonds. The molecule has 0 aromatic rings. The van der Waals surface area contributed by atoms with Crippen LogP contribution in [0.15, 0.2) is 122 Å². The third kappa shape index (κ3) is 47.0. The second-order valence-electron chi connectivity index (χ2n) is 15.3. The number of esters is 2. The van der Waals surface area contributed by atoms with Gasteiger partial charge >= 0.3 is 11.9 Å². The summed E-state index contributed by atoms with van der Waals surface area (Å²) in [7, 11) is 0. The number of ether oxygens (including phenoxy) is 3. The van der Waals surface area contributed by atoms with Gasteiger partial charge in [0.25, 0.3) is 0 Å². The fourth-order valence-electron chi connectivity index (χ4n) is 6.01. The van der Waals surface area contributed by atoms with Gasteiger partial charge in [-0.1, -0.05) is 206 Å². The zero-order chi connectivity index (χ0) is 43.5. The van der Waals surface area contributed by atoms with E-state index in [2.05, 4.69) is 136 Å². The van der Waals surface area contributed by atoms with Crippen LogP contribution in [0.25, 0.3) is 0 Å². The molecule has 0 N–H and O–H groups in total. The van der Waals surface area contributed by atoms with E-state index in [0.29, 0.717) is 19.4 Å². The Morgan fingerprint density at radius 1 is 0.383 bits per heavy atom. The summed E-state index contributed by atoms with van der Waals surface area (Å²) in [6, 6.07) is 0. The number of hydrogen-bond acceptors (Lipinski definition) is 5. The van der Waals surface area contributed by atoms with Gasteiger partial charge in [-0.25, -0.2) is 0 Å². The van der Waals surface area contributed by atoms with Gasteiger partial charge in [-0.3, -0.25) is 9.59 Å². The van der Waals surface area contributed by atoms with Crippen molar-refractivity contribution in [3.05, 3.63) is 122 Å². The minimum absolute atomic E-state index is 0.0173. The summed E-state index contributed by atoms with van der Waals surface area (Å²) < 4.78 is 17.2. The van der Waals surface area contributed by atoms with Crippen molar-refractivity contribution in [3.63, 3.8) is 0 Å². The molecule has 0 spiro atoms. The molecule has 0 aliphatic heterocycles. The van der Waals surface area contributed by atoms with Crippen molar-refractivity contribution in [2.45, 2.75) is 194 Å². The van der Waals surface area contributed by atoms with Crippen LogP contribution in [-0.2, 0) is 23.8 Å². The molecule has 0 aliphatic carbocycles. The quantitative estimate of drug-likeness (QED) is 0.0348. The first-order valence-electron chi connectivity index (χ1n) is 24.1. The lowest BCUT2D eigenvalue weighted by Gasteiger charge is -2.18. The lowest BCUT2D eigenvalue weighted by molar-refractivity contribution is -0.162. The highest BCUT2D eigenvalue weighted by Crippen LogP contribution is 2.13. The van der Waals surface area contributed by atoms with Crippen LogP contribution >= 0.6 is 0 Å². The summed E-state index contributed by atoms with van der Waals surface area (Å²) in [5, 5.41) is 0. The molecule has 0 rings (SSSR count). The maximum absolute atomic E-state index is 12.7. The Labute approximate surface area is 369 Å². The van der Waals surface area contributed by atoms with Gasteiger partial charge in [0, 0.05) is 19.4 Å². The summed E-state index contributed by atoms with van der Waals surface area (Å²) in [6.45, 7) is 7.35. The highest BCUT2D eigenvalue weighted by molar-refractivity contribution is 5.70. The molecule has 0 fully saturated rings. The zero-order valence-electron chi connectivity index (χ0n) is 38.7. The van der Waals surface area contributed by atoms with Crippen LogP contribution in [0.2, 0.25) is 0 Å². The van der Waals surface area contributed by atoms with Gasteiger partial charge in [0.15, 0.2) is 6.10 Å². The molecule has 5 heteroatoms. The average molecular weight is 829 g/mol. The van der Waals surface area contributed by atoms with Crippen LogP contribution in [0.4, 0.5) is 0 Å². The fourth-order valence-corrected chi connectivity index (χ4v) is 6.01. The van der Waals surface area contributed by atoms with Crippen molar-refractivity contribution >= 4 is 11.9 Å². The Morgan fingerprint density at radius 3 is 1.20 bits per heavy atom. The largest absolute Gasteiger partial charge is 0.462 e. The number of rotatable bonds is 42. The second-order valence-corrected chi connectivity index (χ2v) is 15.3. The smallest absolute Gasteiger partial charge is 0.306 e. The summed E-state index contributed by atoms with van der Waals surface area (Å²) >= 11 is 0. The summed E-state index contributed by atoms with van der Waals surface area (Å²) in [4.78, 5) is 25.3. The van der Waals surface area contributed by atoms with Gasteiger partial charge in [-0.15, -0.1) is 0 Å². The van der Waals surface area contributed by atoms with Crippen LogP contribution in [0, 0.1) is 0 Å². The molecule has 338 valence electrons. The number of carbonyl (C=O) groups excluding carboxylic acids is 2. The van der Waals surface area contributed by atoms with Crippen molar-refractivity contribution in [1.29, 1.82) is 0 Å². The van der Waals surface area contributed by atoms with Crippen LogP contribution in [0.3, 0.4) is 0 Å². The number of hydrogen-bond donors (Lipinski definition) is 0. The van der Waals surface area contributed by atoms with Crippen LogP contribution in [0.1, 0.15) is 188 Å². The Balaban J connectivity index is 4.46. The Hall–Kier alpha value is -3.70. The van der Waals surface area contributed by atoms with Gasteiger partial charge in [-0.05, 0) is 89.9 Å². The molecule has 0 aromatic heterocycles. The van der Waals surface area contributed by atoms with Crippen LogP contribution in [0.5, 0.6) is 0 Å². The maximum atomic E-state index is 12.7. The van der Waals surface area contributed by atoms with Crippen molar-refractivity contribution in [2.24, 2.45) is 0 Å². The molecule has 0 saturated carbocycles. The molecule has 5 nitrogen and oxygen atoms in total. The Kier molecular flexibility index (Phi) is 46.6. The predicted octanol–water partition coefficient (Wildman–Crippen LogP) is 16.2. The topological polar surface area (TPSA) is 61.8 Å². The lowest BCUT2D eigenvalue weighted by Crippen LogP contribution is -2.30. The van der Waals surface area contributed by atoms with E-state index in [1.807, 2.05) is 6.08 Å². The molecule has 0 aromatic carbocycles. The van der Waals surface area contributed by atoms with Crippen LogP contribution in [-0.4, -0.2) is 37.9 Å². The van der Waals surface area contributed by atoms with E-state index >= 15 is 0 Å². The molecule has 0 heterocycles. The molecular formula is C55H88O5. The van der Waals surface area contributed by atoms with Gasteiger partial charge in [0.05, 0.1) is 6.61 Å². The molecular weight excluding hydrogens is 741 g/mol. The Bertz CT molecular complexity index is 1260. The van der Waals surface area contributed by atoms with Crippen LogP contribution < -0.4 is 0 Å². The number of carbonyl (C=O) groups is 2. The fraction of sp³-hybridized carbons (Fsp3) is 0.600. The van der Waals surface area contributed by atoms with Crippen molar-refractivity contribution in [2.75, 3.05) is 19.8 Å². The van der Waals surface area contributed by atoms with Gasteiger partial charge in [0.1, 0.15) is 6.61 Å². The molecule has 0 aliphatic rings. The molecule has 0 saturated heterocycles. The van der Waals surface area contributed by atoms with Gasteiger partial charge < -0.3 is 14.2 Å². The first-order valence-corrected chi connectivity index (χ1v) is 24.1. The third-order valence-electron chi connectivity index (χ3n) is 9.51. The maximum Gasteiger partial charge on any atom is 0.306 e. The SMILES string of the molecule is CC/C=C\C/C=C\C/C=C\C/C=C\C/C=C\C/C=C\CCC(=O)OCC(COCCC/C=C\C/C=C\C/C=C\C/C=C\CC)OC(=O)CCCCCCCCCCCCC. The normalized spacial score (nSPS) is 13.3. The summed E-state index contributed by atoms with van der Waals surface area (Å²) in [5.41, 5.74) is 0. The zero-order valence-corrected chi connectivity index (χ0v) is 38.7. The average Bonchev–Trinajstić information content (AvgIpc) is 3.25. The molecule has 1 unspecified atom stereocenters. The molecule has 1 atom stereocenters. The molecule has 60 heavy (non-hydrogen) atoms. The van der Waals surface area contributed by atoms with E-state index in [0.717, 1.165) is 96.3 Å². The van der Waals surface area contributed by atoms with Crippen molar-refractivity contribution in [3.8, 4) is 0 Å². The highest BCUT2D eigenvalue weighted by atomic mass is 16.6. The monoisotopic (exact) mass is 829 g/mol. The second kappa shape index (κ2) is 49.7. The minimum Gasteiger partial charge on any atom is -0.462 e. The molecule has 0 radical (unpaired) electrons. The minimum atomic E-state index is -0.600. The van der Waals surface area contributed by atoms with E-state index in [1.165, 1.54) is 51.4 Å². The van der Waals surface area contributed by atoms with Crippen molar-refractivity contribution in [1.82, 2.24) is 0 Å². The van der Waals surface area contributed by atoms with E-state index < -0.39 is 6.10 Å². The predicted molar refractivity (Wildman–Crippen MR) is 260 cm³/mol. The standard InChI is InChI=1S/C55H88O5/c1-4-7-10-13-16-19-22-24-26-27-28-29-30-31-34-36-39-42-45-48-54(56)59-52-53(60-55(57)49-46-43-40-37-33-21-18-15-12-9-6-3)51-58-50-47-44-41-38-35-32-25-23-20-17-14-11-8-5-2/h7-8,10-11,16-17,19-20,24-26,28-29,31-32,34,38-39,41-42,53H,4-6,9,12-15,18,21-23,27,30,33,35-37,40,43-52H2,1-3H3/b10-7-,11-8-,19-16-,20-17-,26-24-,29-28-,32-25-,34-31-,41-38-,42-39-. The van der Waals surface area contributed by atoms with E-state index in [-0.39, 0.29) is 31.6 Å². The van der Waals surface area contributed by atoms with Gasteiger partial charge in [-0.2, -0.15) is 0 Å². The first-order chi connectivity index (χ1) is 29.6. The summed E-state index contributed by atoms with van der Waals surface area (Å²) in [6.07, 6.45) is 69.4. The van der Waals surface area contributed by atoms with Gasteiger partial charge in [0.2, 0.25) is 0 Å². The highest BCUT2D eigenvalue weighted by Gasteiger charge is 2.17. The first kappa shape index (κ1) is 56.3. The third-order valence-corrected chi connectivity index (χ3v) is 9.51.